The topological polar surface area (TPSA) is 54.9 Å². The monoisotopic (exact) mass is 345 g/mol. The lowest BCUT2D eigenvalue weighted by Crippen LogP contribution is -2.38. The molecular weight excluding hydrogens is 318 g/mol. The normalized spacial score (nSPS) is 29.3. The highest BCUT2D eigenvalue weighted by atomic mass is 16.5. The first-order valence-electron chi connectivity index (χ1n) is 9.30. The molecule has 0 unspecified atom stereocenters. The number of amides is 1. The van der Waals surface area contributed by atoms with Crippen LogP contribution < -0.4 is 0 Å². The molecule has 1 aromatic heterocycles. The summed E-state index contributed by atoms with van der Waals surface area (Å²) in [6.45, 7) is 7.08. The minimum absolute atomic E-state index is 0.0400. The van der Waals surface area contributed by atoms with E-state index in [2.05, 4.69) is 22.0 Å². The van der Waals surface area contributed by atoms with Crippen molar-refractivity contribution in [2.75, 3.05) is 52.6 Å². The fraction of sp³-hybridized carbons (Fsp3) is 0.684. The molecule has 1 aromatic rings. The molecule has 0 bridgehead atoms. The first-order chi connectivity index (χ1) is 12.3. The molecular formula is C19H27N3O3. The number of nitrogens with zero attached hydrogens (tertiary/aromatic N) is 3. The van der Waals surface area contributed by atoms with Gasteiger partial charge in [0.05, 0.1) is 19.8 Å². The summed E-state index contributed by atoms with van der Waals surface area (Å²) in [5.41, 5.74) is 1.33. The van der Waals surface area contributed by atoms with Gasteiger partial charge < -0.3 is 14.4 Å². The van der Waals surface area contributed by atoms with Gasteiger partial charge in [0, 0.05) is 56.5 Å². The van der Waals surface area contributed by atoms with Crippen LogP contribution in [0.3, 0.4) is 0 Å². The molecule has 1 amide bonds. The number of hydrogen-bond acceptors (Lipinski definition) is 5. The van der Waals surface area contributed by atoms with Crippen molar-refractivity contribution < 1.29 is 14.3 Å². The molecule has 4 heterocycles. The van der Waals surface area contributed by atoms with Gasteiger partial charge in [-0.05, 0) is 30.5 Å². The maximum absolute atomic E-state index is 12.2. The molecule has 0 spiro atoms. The predicted octanol–water partition coefficient (Wildman–Crippen LogP) is 1.17. The maximum atomic E-state index is 12.2. The average Bonchev–Trinajstić information content (AvgIpc) is 3.31. The van der Waals surface area contributed by atoms with Crippen molar-refractivity contribution in [2.45, 2.75) is 19.4 Å². The molecule has 3 saturated heterocycles. The van der Waals surface area contributed by atoms with E-state index in [0.29, 0.717) is 12.5 Å². The molecule has 0 aromatic carbocycles. The summed E-state index contributed by atoms with van der Waals surface area (Å²) < 4.78 is 11.6. The first-order valence-corrected chi connectivity index (χ1v) is 9.30. The molecule has 6 heteroatoms. The fourth-order valence-electron chi connectivity index (χ4n) is 4.41. The Hall–Kier alpha value is -1.50. The van der Waals surface area contributed by atoms with Crippen LogP contribution in [-0.2, 0) is 20.8 Å². The minimum Gasteiger partial charge on any atom is -0.380 e. The fourth-order valence-corrected chi connectivity index (χ4v) is 4.41. The van der Waals surface area contributed by atoms with Crippen LogP contribution in [0.15, 0.2) is 24.5 Å². The molecule has 3 aliphatic heterocycles. The Morgan fingerprint density at radius 2 is 2.12 bits per heavy atom. The molecule has 0 N–H and O–H groups in total. The number of hydrogen-bond donors (Lipinski definition) is 0. The molecule has 2 atom stereocenters. The van der Waals surface area contributed by atoms with E-state index in [9.17, 15) is 4.79 Å². The van der Waals surface area contributed by atoms with Crippen molar-refractivity contribution in [1.29, 1.82) is 0 Å². The Kier molecular flexibility index (Phi) is 5.01. The quantitative estimate of drug-likeness (QED) is 0.775. The Balaban J connectivity index is 1.31. The lowest BCUT2D eigenvalue weighted by molar-refractivity contribution is -0.136. The number of carbonyl (C=O) groups excluding carboxylic acids is 1. The van der Waals surface area contributed by atoms with Crippen molar-refractivity contribution >= 4 is 5.91 Å². The van der Waals surface area contributed by atoms with Gasteiger partial charge in [0.15, 0.2) is 0 Å². The second-order valence-electron chi connectivity index (χ2n) is 7.68. The molecule has 0 saturated carbocycles. The van der Waals surface area contributed by atoms with E-state index in [1.54, 1.807) is 0 Å². The molecule has 3 fully saturated rings. The van der Waals surface area contributed by atoms with E-state index in [-0.39, 0.29) is 17.9 Å². The summed E-state index contributed by atoms with van der Waals surface area (Å²) >= 11 is 0. The van der Waals surface area contributed by atoms with Gasteiger partial charge >= 0.3 is 0 Å². The highest BCUT2D eigenvalue weighted by Gasteiger charge is 2.50. The van der Waals surface area contributed by atoms with Crippen LogP contribution >= 0.6 is 0 Å². The molecule has 136 valence electrons. The van der Waals surface area contributed by atoms with Crippen LogP contribution in [0.2, 0.25) is 0 Å². The van der Waals surface area contributed by atoms with Gasteiger partial charge in [-0.15, -0.1) is 0 Å². The van der Waals surface area contributed by atoms with Crippen molar-refractivity contribution in [1.82, 2.24) is 14.8 Å². The van der Waals surface area contributed by atoms with Crippen LogP contribution in [0.4, 0.5) is 0 Å². The molecule has 4 rings (SSSR count). The van der Waals surface area contributed by atoms with E-state index >= 15 is 0 Å². The lowest BCUT2D eigenvalue weighted by Gasteiger charge is -2.27. The predicted molar refractivity (Wildman–Crippen MR) is 92.9 cm³/mol. The number of fused-ring (bicyclic) bond motifs is 1. The minimum atomic E-state index is 0.0400. The van der Waals surface area contributed by atoms with E-state index in [1.165, 1.54) is 5.56 Å². The third-order valence-corrected chi connectivity index (χ3v) is 5.82. The number of likely N-dealkylation sites (tertiary alicyclic amines) is 2. The summed E-state index contributed by atoms with van der Waals surface area (Å²) in [6.07, 6.45) is 5.93. The Labute approximate surface area is 149 Å². The van der Waals surface area contributed by atoms with Gasteiger partial charge in [0.1, 0.15) is 6.61 Å². The Bertz CT molecular complexity index is 591. The number of rotatable bonds is 6. The van der Waals surface area contributed by atoms with Gasteiger partial charge in [-0.2, -0.15) is 0 Å². The highest BCUT2D eigenvalue weighted by Crippen LogP contribution is 2.42. The first kappa shape index (κ1) is 16.9. The second-order valence-corrected chi connectivity index (χ2v) is 7.68. The zero-order valence-corrected chi connectivity index (χ0v) is 14.7. The zero-order chi connectivity index (χ0) is 17.1. The van der Waals surface area contributed by atoms with Gasteiger partial charge in [-0.1, -0.05) is 0 Å². The van der Waals surface area contributed by atoms with Crippen molar-refractivity contribution in [2.24, 2.45) is 11.3 Å². The van der Waals surface area contributed by atoms with Gasteiger partial charge in [-0.3, -0.25) is 14.7 Å². The molecule has 6 nitrogen and oxygen atoms in total. The van der Waals surface area contributed by atoms with Gasteiger partial charge in [-0.25, -0.2) is 0 Å². The highest BCUT2D eigenvalue weighted by molar-refractivity contribution is 5.77. The van der Waals surface area contributed by atoms with Gasteiger partial charge in [0.25, 0.3) is 0 Å². The maximum Gasteiger partial charge on any atom is 0.248 e. The molecule has 3 aliphatic rings. The summed E-state index contributed by atoms with van der Waals surface area (Å²) in [5, 5.41) is 0. The van der Waals surface area contributed by atoms with Crippen molar-refractivity contribution in [3.63, 3.8) is 0 Å². The Morgan fingerprint density at radius 1 is 1.32 bits per heavy atom. The van der Waals surface area contributed by atoms with E-state index in [1.807, 2.05) is 17.3 Å². The second kappa shape index (κ2) is 7.40. The SMILES string of the molecule is O=C(COC[C@]12COC[C@H]1CN(Cc1ccncc1)C2)N1CCCC1. The smallest absolute Gasteiger partial charge is 0.248 e. The third-order valence-electron chi connectivity index (χ3n) is 5.82. The number of ether oxygens (including phenoxy) is 2. The number of aromatic nitrogens is 1. The van der Waals surface area contributed by atoms with Crippen LogP contribution in [-0.4, -0.2) is 73.3 Å². The van der Waals surface area contributed by atoms with Crippen molar-refractivity contribution in [3.8, 4) is 0 Å². The standard InChI is InChI=1S/C19H27N3O3/c23-18(22-7-1-2-8-22)12-25-15-19-13-21(10-17(19)11-24-14-19)9-16-3-5-20-6-4-16/h3-6,17H,1-2,7-15H2/t17-,19+/m1/s1. The van der Waals surface area contributed by atoms with Gasteiger partial charge in [0.2, 0.25) is 5.91 Å². The summed E-state index contributed by atoms with van der Waals surface area (Å²) in [6, 6.07) is 4.14. The van der Waals surface area contributed by atoms with Crippen LogP contribution in [0.25, 0.3) is 0 Å². The largest absolute Gasteiger partial charge is 0.380 e. The van der Waals surface area contributed by atoms with E-state index < -0.39 is 0 Å². The zero-order valence-electron chi connectivity index (χ0n) is 14.7. The molecule has 0 radical (unpaired) electrons. The van der Waals surface area contributed by atoms with Crippen LogP contribution in [0.5, 0.6) is 0 Å². The number of carbonyl (C=O) groups is 1. The van der Waals surface area contributed by atoms with E-state index in [4.69, 9.17) is 9.47 Å². The summed E-state index contributed by atoms with van der Waals surface area (Å²) in [7, 11) is 0. The Morgan fingerprint density at radius 3 is 2.92 bits per heavy atom. The van der Waals surface area contributed by atoms with Crippen LogP contribution in [0.1, 0.15) is 18.4 Å². The lowest BCUT2D eigenvalue weighted by atomic mass is 9.82. The third kappa shape index (κ3) is 3.71. The van der Waals surface area contributed by atoms with E-state index in [0.717, 1.165) is 58.8 Å². The summed E-state index contributed by atoms with van der Waals surface area (Å²) in [5.74, 6) is 0.632. The molecule has 0 aliphatic carbocycles. The molecule has 25 heavy (non-hydrogen) atoms. The van der Waals surface area contributed by atoms with Crippen molar-refractivity contribution in [3.05, 3.63) is 30.1 Å². The average molecular weight is 345 g/mol. The van der Waals surface area contributed by atoms with Crippen LogP contribution in [0, 0.1) is 11.3 Å². The number of pyridine rings is 1. The summed E-state index contributed by atoms with van der Waals surface area (Å²) in [4.78, 5) is 20.7.